The molecule has 1 fully saturated rings. The molecule has 1 atom stereocenters. The molecule has 0 spiro atoms. The number of ether oxygens (including phenoxy) is 3. The quantitative estimate of drug-likeness (QED) is 0.751. The highest BCUT2D eigenvalue weighted by Crippen LogP contribution is 2.28. The molecule has 0 bridgehead atoms. The van der Waals surface area contributed by atoms with E-state index in [1.165, 1.54) is 11.3 Å². The number of hydrogen-bond acceptors (Lipinski definition) is 7. The third kappa shape index (κ3) is 5.55. The standard InChI is InChI=1S/C18H23N3O4S.ClH/c1-23-15-4-3-13(16(10-15)24-2)11-21(18-20-6-8-26-18)17(22)9-14-12-25-7-5-19-14;/h3-4,6,8,10,14,19H,5,7,9,11-12H2,1-2H3;1H. The molecule has 1 aliphatic heterocycles. The number of morpholine rings is 1. The molecule has 1 amide bonds. The van der Waals surface area contributed by atoms with E-state index < -0.39 is 0 Å². The summed E-state index contributed by atoms with van der Waals surface area (Å²) in [6.07, 6.45) is 2.06. The number of nitrogens with one attached hydrogen (secondary N) is 1. The maximum atomic E-state index is 13.0. The molecule has 1 aliphatic rings. The van der Waals surface area contributed by atoms with Gasteiger partial charge in [-0.1, -0.05) is 0 Å². The second-order valence-electron chi connectivity index (χ2n) is 5.90. The van der Waals surface area contributed by atoms with Crippen LogP contribution in [0.3, 0.4) is 0 Å². The van der Waals surface area contributed by atoms with Crippen LogP contribution in [0.2, 0.25) is 0 Å². The van der Waals surface area contributed by atoms with Gasteiger partial charge in [-0.3, -0.25) is 9.69 Å². The molecule has 27 heavy (non-hydrogen) atoms. The van der Waals surface area contributed by atoms with E-state index in [1.54, 1.807) is 25.3 Å². The Labute approximate surface area is 169 Å². The van der Waals surface area contributed by atoms with Gasteiger partial charge in [-0.05, 0) is 12.1 Å². The van der Waals surface area contributed by atoms with Crippen molar-refractivity contribution in [1.82, 2.24) is 10.3 Å². The lowest BCUT2D eigenvalue weighted by molar-refractivity contribution is -0.119. The van der Waals surface area contributed by atoms with Gasteiger partial charge in [-0.2, -0.15) is 0 Å². The molecule has 0 radical (unpaired) electrons. The van der Waals surface area contributed by atoms with Gasteiger partial charge < -0.3 is 19.5 Å². The van der Waals surface area contributed by atoms with Crippen LogP contribution < -0.4 is 19.7 Å². The van der Waals surface area contributed by atoms with Crippen LogP contribution in [0.15, 0.2) is 29.8 Å². The van der Waals surface area contributed by atoms with Gasteiger partial charge in [-0.15, -0.1) is 23.7 Å². The van der Waals surface area contributed by atoms with Gasteiger partial charge in [0.15, 0.2) is 5.13 Å². The van der Waals surface area contributed by atoms with Gasteiger partial charge in [-0.25, -0.2) is 4.98 Å². The summed E-state index contributed by atoms with van der Waals surface area (Å²) in [5.41, 5.74) is 0.893. The van der Waals surface area contributed by atoms with Crippen molar-refractivity contribution >= 4 is 34.8 Å². The minimum Gasteiger partial charge on any atom is -0.497 e. The van der Waals surface area contributed by atoms with Gasteiger partial charge >= 0.3 is 0 Å². The van der Waals surface area contributed by atoms with Crippen LogP contribution >= 0.6 is 23.7 Å². The van der Waals surface area contributed by atoms with E-state index in [0.29, 0.717) is 42.8 Å². The number of rotatable bonds is 7. The normalized spacial score (nSPS) is 16.3. The predicted molar refractivity (Wildman–Crippen MR) is 107 cm³/mol. The number of aromatic nitrogens is 1. The topological polar surface area (TPSA) is 72.9 Å². The molecule has 7 nitrogen and oxygen atoms in total. The number of amides is 1. The van der Waals surface area contributed by atoms with Gasteiger partial charge in [0.25, 0.3) is 0 Å². The number of halogens is 1. The Kier molecular flexibility index (Phi) is 8.30. The molecule has 0 aliphatic carbocycles. The van der Waals surface area contributed by atoms with Crippen molar-refractivity contribution in [2.45, 2.75) is 19.0 Å². The Morgan fingerprint density at radius 2 is 2.26 bits per heavy atom. The summed E-state index contributed by atoms with van der Waals surface area (Å²) in [5.74, 6) is 1.39. The van der Waals surface area contributed by atoms with Crippen molar-refractivity contribution in [2.75, 3.05) is 38.9 Å². The van der Waals surface area contributed by atoms with Gasteiger partial charge in [0.1, 0.15) is 11.5 Å². The molecule has 2 heterocycles. The van der Waals surface area contributed by atoms with Crippen LogP contribution in [0.25, 0.3) is 0 Å². The van der Waals surface area contributed by atoms with Crippen molar-refractivity contribution in [3.8, 4) is 11.5 Å². The van der Waals surface area contributed by atoms with Gasteiger partial charge in [0.2, 0.25) is 5.91 Å². The van der Waals surface area contributed by atoms with E-state index in [0.717, 1.165) is 12.1 Å². The summed E-state index contributed by atoms with van der Waals surface area (Å²) >= 11 is 1.44. The first-order valence-corrected chi connectivity index (χ1v) is 9.31. The highest BCUT2D eigenvalue weighted by molar-refractivity contribution is 7.13. The lowest BCUT2D eigenvalue weighted by Gasteiger charge is -2.27. The summed E-state index contributed by atoms with van der Waals surface area (Å²) < 4.78 is 16.2. The van der Waals surface area contributed by atoms with Crippen LogP contribution in [0.1, 0.15) is 12.0 Å². The molecular weight excluding hydrogens is 390 g/mol. The number of carbonyl (C=O) groups is 1. The number of thiazole rings is 1. The van der Waals surface area contributed by atoms with E-state index in [1.807, 2.05) is 23.6 Å². The van der Waals surface area contributed by atoms with Crippen LogP contribution in [0.5, 0.6) is 11.5 Å². The number of methoxy groups -OCH3 is 2. The highest BCUT2D eigenvalue weighted by atomic mass is 35.5. The number of carbonyl (C=O) groups excluding carboxylic acids is 1. The maximum Gasteiger partial charge on any atom is 0.230 e. The van der Waals surface area contributed by atoms with Crippen LogP contribution in [0, 0.1) is 0 Å². The Balaban J connectivity index is 0.00000261. The first-order chi connectivity index (χ1) is 12.7. The third-order valence-corrected chi connectivity index (χ3v) is 4.99. The Morgan fingerprint density at radius 3 is 2.89 bits per heavy atom. The molecule has 1 unspecified atom stereocenters. The van der Waals surface area contributed by atoms with Crippen LogP contribution in [-0.2, 0) is 16.1 Å². The lowest BCUT2D eigenvalue weighted by atomic mass is 10.1. The molecule has 1 aromatic carbocycles. The zero-order valence-electron chi connectivity index (χ0n) is 15.3. The lowest BCUT2D eigenvalue weighted by Crippen LogP contribution is -2.45. The maximum absolute atomic E-state index is 13.0. The van der Waals surface area contributed by atoms with E-state index in [2.05, 4.69) is 10.3 Å². The Morgan fingerprint density at radius 1 is 1.41 bits per heavy atom. The zero-order valence-corrected chi connectivity index (χ0v) is 17.0. The fourth-order valence-electron chi connectivity index (χ4n) is 2.84. The summed E-state index contributed by atoms with van der Waals surface area (Å²) in [6, 6.07) is 5.61. The van der Waals surface area contributed by atoms with Crippen LogP contribution in [0.4, 0.5) is 5.13 Å². The third-order valence-electron chi connectivity index (χ3n) is 4.19. The first kappa shape index (κ1) is 21.4. The summed E-state index contributed by atoms with van der Waals surface area (Å²) in [5, 5.41) is 5.86. The Hall–Kier alpha value is -1.87. The number of hydrogen-bond donors (Lipinski definition) is 1. The smallest absolute Gasteiger partial charge is 0.230 e. The van der Waals surface area contributed by atoms with E-state index in [-0.39, 0.29) is 24.4 Å². The molecule has 1 aromatic heterocycles. The van der Waals surface area contributed by atoms with Crippen molar-refractivity contribution in [3.05, 3.63) is 35.3 Å². The number of anilines is 1. The van der Waals surface area contributed by atoms with E-state index >= 15 is 0 Å². The molecule has 148 valence electrons. The second-order valence-corrected chi connectivity index (χ2v) is 6.78. The summed E-state index contributed by atoms with van der Waals surface area (Å²) in [4.78, 5) is 19.0. The predicted octanol–water partition coefficient (Wildman–Crippen LogP) is 2.49. The van der Waals surface area contributed by atoms with Crippen molar-refractivity contribution in [2.24, 2.45) is 0 Å². The monoisotopic (exact) mass is 413 g/mol. The van der Waals surface area contributed by atoms with Crippen molar-refractivity contribution < 1.29 is 19.0 Å². The van der Waals surface area contributed by atoms with Crippen LogP contribution in [-0.4, -0.2) is 50.9 Å². The fourth-order valence-corrected chi connectivity index (χ4v) is 3.50. The molecule has 1 saturated heterocycles. The minimum absolute atomic E-state index is 0. The summed E-state index contributed by atoms with van der Waals surface area (Å²) in [7, 11) is 3.22. The second kappa shape index (κ2) is 10.5. The average Bonchev–Trinajstić information content (AvgIpc) is 3.21. The largest absolute Gasteiger partial charge is 0.497 e. The molecular formula is C18H24ClN3O4S. The number of benzene rings is 1. The molecule has 1 N–H and O–H groups in total. The Bertz CT molecular complexity index is 723. The highest BCUT2D eigenvalue weighted by Gasteiger charge is 2.24. The zero-order chi connectivity index (χ0) is 18.4. The van der Waals surface area contributed by atoms with Crippen molar-refractivity contribution in [1.29, 1.82) is 0 Å². The van der Waals surface area contributed by atoms with Gasteiger partial charge in [0.05, 0.1) is 34.0 Å². The molecule has 0 saturated carbocycles. The number of nitrogens with zero attached hydrogens (tertiary/aromatic N) is 2. The van der Waals surface area contributed by atoms with E-state index in [4.69, 9.17) is 14.2 Å². The molecule has 2 aromatic rings. The molecule has 9 heteroatoms. The first-order valence-electron chi connectivity index (χ1n) is 8.43. The average molecular weight is 414 g/mol. The minimum atomic E-state index is 0. The summed E-state index contributed by atoms with van der Waals surface area (Å²) in [6.45, 7) is 2.38. The van der Waals surface area contributed by atoms with Gasteiger partial charge in [0, 0.05) is 42.2 Å². The van der Waals surface area contributed by atoms with E-state index in [9.17, 15) is 4.79 Å². The molecule has 3 rings (SSSR count). The fraction of sp³-hybridized carbons (Fsp3) is 0.444. The SMILES string of the molecule is COc1ccc(CN(C(=O)CC2COCCN2)c2nccs2)c(OC)c1.Cl. The van der Waals surface area contributed by atoms with Crippen molar-refractivity contribution in [3.63, 3.8) is 0 Å².